The predicted octanol–water partition coefficient (Wildman–Crippen LogP) is 1.80. The van der Waals surface area contributed by atoms with Gasteiger partial charge in [0.25, 0.3) is 5.91 Å². The Bertz CT molecular complexity index is 932. The Hall–Kier alpha value is -2.24. The first-order valence-electron chi connectivity index (χ1n) is 8.16. The normalized spacial score (nSPS) is 16.3. The summed E-state index contributed by atoms with van der Waals surface area (Å²) < 4.78 is 48.6. The average Bonchev–Trinajstić information content (AvgIpc) is 3.15. The van der Waals surface area contributed by atoms with E-state index in [4.69, 9.17) is 9.47 Å². The van der Waals surface area contributed by atoms with Crippen molar-refractivity contribution in [2.75, 3.05) is 31.4 Å². The molecule has 1 atom stereocenters. The Balaban J connectivity index is 0.00000280. The van der Waals surface area contributed by atoms with Crippen LogP contribution < -0.4 is 10.1 Å². The molecule has 0 radical (unpaired) electrons. The molecule has 1 N–H and O–H groups in total. The first-order chi connectivity index (χ1) is 12.9. The van der Waals surface area contributed by atoms with Crippen LogP contribution in [0.25, 0.3) is 0 Å². The van der Waals surface area contributed by atoms with E-state index >= 15 is 0 Å². The molecule has 1 aromatic heterocycles. The molecular weight excluding hydrogens is 409 g/mol. The molecule has 1 fully saturated rings. The van der Waals surface area contributed by atoms with E-state index in [9.17, 15) is 17.6 Å². The number of rotatable bonds is 6. The lowest BCUT2D eigenvalue weighted by Crippen LogP contribution is -2.19. The maximum Gasteiger partial charge on any atom is 0.261 e. The van der Waals surface area contributed by atoms with Crippen LogP contribution in [-0.4, -0.2) is 50.4 Å². The summed E-state index contributed by atoms with van der Waals surface area (Å²) in [6.07, 6.45) is 2.50. The summed E-state index contributed by atoms with van der Waals surface area (Å²) in [5, 5.41) is 2.39. The van der Waals surface area contributed by atoms with E-state index in [0.29, 0.717) is 19.6 Å². The van der Waals surface area contributed by atoms with E-state index in [1.165, 1.54) is 25.3 Å². The number of methoxy groups -OCH3 is 1. The van der Waals surface area contributed by atoms with Crippen LogP contribution in [-0.2, 0) is 14.6 Å². The number of ether oxygens (including phenoxy) is 2. The molecule has 1 aromatic carbocycles. The lowest BCUT2D eigenvalue weighted by atomic mass is 10.2. The molecule has 0 unspecified atom stereocenters. The summed E-state index contributed by atoms with van der Waals surface area (Å²) >= 11 is 0. The second kappa shape index (κ2) is 9.30. The monoisotopic (exact) mass is 429 g/mol. The fourth-order valence-corrected chi connectivity index (χ4v) is 4.37. The Morgan fingerprint density at radius 3 is 2.68 bits per heavy atom. The van der Waals surface area contributed by atoms with E-state index in [0.717, 1.165) is 12.4 Å². The van der Waals surface area contributed by atoms with Crippen LogP contribution in [0, 0.1) is 11.7 Å². The Morgan fingerprint density at radius 2 is 2.07 bits per heavy atom. The summed E-state index contributed by atoms with van der Waals surface area (Å²) in [5.41, 5.74) is 0.00849. The molecule has 0 spiro atoms. The molecule has 0 aliphatic carbocycles. The number of carbonyl (C=O) groups excluding carboxylic acids is 1. The second-order valence-electron chi connectivity index (χ2n) is 6.05. The number of sulfone groups is 1. The largest absolute Gasteiger partial charge is 0.496 e. The first-order valence-corrected chi connectivity index (χ1v) is 9.81. The van der Waals surface area contributed by atoms with Crippen LogP contribution in [0.4, 0.5) is 10.3 Å². The quantitative estimate of drug-likeness (QED) is 0.746. The smallest absolute Gasteiger partial charge is 0.261 e. The van der Waals surface area contributed by atoms with E-state index in [1.807, 2.05) is 0 Å². The van der Waals surface area contributed by atoms with Crippen LogP contribution in [0.5, 0.6) is 5.75 Å². The fraction of sp³-hybridized carbons (Fsp3) is 0.353. The van der Waals surface area contributed by atoms with Gasteiger partial charge in [-0.3, -0.25) is 10.1 Å². The number of aromatic nitrogens is 2. The van der Waals surface area contributed by atoms with Crippen molar-refractivity contribution in [3.05, 3.63) is 42.0 Å². The number of carbonyl (C=O) groups is 1. The molecule has 152 valence electrons. The molecule has 8 nitrogen and oxygen atoms in total. The Labute approximate surface area is 168 Å². The number of nitrogens with one attached hydrogen (secondary N) is 1. The van der Waals surface area contributed by atoms with Gasteiger partial charge in [-0.2, -0.15) is 13.5 Å². The number of hydrogen-bond donors (Lipinski definition) is 1. The molecule has 1 aliphatic rings. The van der Waals surface area contributed by atoms with Gasteiger partial charge < -0.3 is 9.47 Å². The minimum atomic E-state index is -3.60. The highest BCUT2D eigenvalue weighted by atomic mass is 32.2. The lowest BCUT2D eigenvalue weighted by molar-refractivity contribution is 0.102. The maximum atomic E-state index is 12.9. The van der Waals surface area contributed by atoms with Crippen LogP contribution in [0.1, 0.15) is 16.8 Å². The first kappa shape index (κ1) is 22.1. The molecule has 1 aliphatic heterocycles. The van der Waals surface area contributed by atoms with E-state index in [-0.39, 0.29) is 47.3 Å². The zero-order valence-electron chi connectivity index (χ0n) is 15.0. The predicted molar refractivity (Wildman–Crippen MR) is 104 cm³/mol. The maximum absolute atomic E-state index is 12.9. The average molecular weight is 429 g/mol. The van der Waals surface area contributed by atoms with Gasteiger partial charge in [-0.15, -0.1) is 0 Å². The van der Waals surface area contributed by atoms with Crippen molar-refractivity contribution in [3.8, 4) is 5.75 Å². The molecule has 1 saturated heterocycles. The van der Waals surface area contributed by atoms with E-state index in [1.54, 1.807) is 0 Å². The lowest BCUT2D eigenvalue weighted by Gasteiger charge is -2.13. The molecule has 3 rings (SSSR count). The van der Waals surface area contributed by atoms with E-state index in [2.05, 4.69) is 15.3 Å². The highest BCUT2D eigenvalue weighted by Gasteiger charge is 2.26. The summed E-state index contributed by atoms with van der Waals surface area (Å²) in [7, 11) is -2.23. The Morgan fingerprint density at radius 1 is 1.36 bits per heavy atom. The topological polar surface area (TPSA) is 107 Å². The third-order valence-electron chi connectivity index (χ3n) is 4.10. The highest BCUT2D eigenvalue weighted by Crippen LogP contribution is 2.26. The van der Waals surface area contributed by atoms with Crippen molar-refractivity contribution < 1.29 is 27.1 Å². The second-order valence-corrected chi connectivity index (χ2v) is 8.09. The summed E-state index contributed by atoms with van der Waals surface area (Å²) in [4.78, 5) is 19.8. The number of benzene rings is 1. The third-order valence-corrected chi connectivity index (χ3v) is 5.98. The third kappa shape index (κ3) is 5.18. The number of hydrogen-bond acceptors (Lipinski definition) is 7. The standard InChI is InChI=1S/C17H18FN3O5S.H2S/c1-25-15-3-2-13(27(23,24)10-11-4-5-26-9-11)6-14(15)16(22)21-17-19-7-12(18)8-20-17;/h2-3,6-8,11H,4-5,9-10H2,1H3,(H,19,20,21,22);1H2/t11-;/m0./s1. The van der Waals surface area contributed by atoms with Crippen LogP contribution >= 0.6 is 13.5 Å². The van der Waals surface area contributed by atoms with Gasteiger partial charge in [0.2, 0.25) is 5.95 Å². The van der Waals surface area contributed by atoms with Gasteiger partial charge in [0.05, 0.1) is 42.3 Å². The molecule has 2 aromatic rings. The van der Waals surface area contributed by atoms with E-state index < -0.39 is 21.6 Å². The van der Waals surface area contributed by atoms with Gasteiger partial charge in [0, 0.05) is 6.61 Å². The number of amides is 1. The van der Waals surface area contributed by atoms with Crippen molar-refractivity contribution in [1.82, 2.24) is 9.97 Å². The van der Waals surface area contributed by atoms with Crippen molar-refractivity contribution in [2.24, 2.45) is 5.92 Å². The van der Waals surface area contributed by atoms with Gasteiger partial charge in [-0.1, -0.05) is 0 Å². The minimum absolute atomic E-state index is 0. The van der Waals surface area contributed by atoms with Crippen LogP contribution in [0.15, 0.2) is 35.5 Å². The SMILES string of the molecule is COc1ccc(S(=O)(=O)C[C@H]2CCOC2)cc1C(=O)Nc1ncc(F)cn1.S. The van der Waals surface area contributed by atoms with Crippen molar-refractivity contribution in [1.29, 1.82) is 0 Å². The van der Waals surface area contributed by atoms with Crippen molar-refractivity contribution in [2.45, 2.75) is 11.3 Å². The number of anilines is 1. The highest BCUT2D eigenvalue weighted by molar-refractivity contribution is 7.91. The molecule has 1 amide bonds. The Kier molecular flexibility index (Phi) is 7.33. The van der Waals surface area contributed by atoms with Crippen LogP contribution in [0.3, 0.4) is 0 Å². The number of nitrogens with zero attached hydrogens (tertiary/aromatic N) is 2. The van der Waals surface area contributed by atoms with Gasteiger partial charge in [-0.25, -0.2) is 22.8 Å². The zero-order valence-corrected chi connectivity index (χ0v) is 16.8. The summed E-state index contributed by atoms with van der Waals surface area (Å²) in [6, 6.07) is 4.07. The van der Waals surface area contributed by atoms with Gasteiger partial charge in [0.15, 0.2) is 15.7 Å². The molecule has 28 heavy (non-hydrogen) atoms. The minimum Gasteiger partial charge on any atom is -0.496 e. The summed E-state index contributed by atoms with van der Waals surface area (Å²) in [5.74, 6) is -1.35. The molecule has 11 heteroatoms. The van der Waals surface area contributed by atoms with Crippen molar-refractivity contribution in [3.63, 3.8) is 0 Å². The molecular formula is C17H20FN3O5S2. The fourth-order valence-electron chi connectivity index (χ4n) is 2.73. The molecule has 0 bridgehead atoms. The molecule has 0 saturated carbocycles. The van der Waals surface area contributed by atoms with Gasteiger partial charge in [0.1, 0.15) is 5.75 Å². The van der Waals surface area contributed by atoms with Crippen molar-refractivity contribution >= 4 is 35.2 Å². The van der Waals surface area contributed by atoms with Gasteiger partial charge in [-0.05, 0) is 30.5 Å². The van der Waals surface area contributed by atoms with Gasteiger partial charge >= 0.3 is 0 Å². The zero-order chi connectivity index (χ0) is 19.4. The summed E-state index contributed by atoms with van der Waals surface area (Å²) in [6.45, 7) is 0.957. The number of halogens is 1. The van der Waals surface area contributed by atoms with Crippen LogP contribution in [0.2, 0.25) is 0 Å². The molecule has 2 heterocycles.